The Bertz CT molecular complexity index is 856. The summed E-state index contributed by atoms with van der Waals surface area (Å²) in [6.07, 6.45) is 0. The largest absolute Gasteiger partial charge is 0.233 e. The Morgan fingerprint density at radius 1 is 0.789 bits per heavy atom. The van der Waals surface area contributed by atoms with Gasteiger partial charge in [-0.3, -0.25) is 0 Å². The molecule has 0 aliphatic heterocycles. The maximum Gasteiger partial charge on any atom is 0.153 e. The zero-order valence-corrected chi connectivity index (χ0v) is 11.9. The summed E-state index contributed by atoms with van der Waals surface area (Å²) >= 11 is 3.42. The second-order valence-electron chi connectivity index (χ2n) is 4.48. The molecule has 2 aromatic heterocycles. The molecule has 0 fully saturated rings. The lowest BCUT2D eigenvalue weighted by Crippen LogP contribution is -1.74. The van der Waals surface area contributed by atoms with Crippen LogP contribution in [0.15, 0.2) is 42.5 Å². The van der Waals surface area contributed by atoms with Gasteiger partial charge in [-0.15, -0.1) is 22.7 Å². The molecule has 0 spiro atoms. The average Bonchev–Trinajstić information content (AvgIpc) is 3.00. The molecule has 0 aliphatic rings. The van der Waals surface area contributed by atoms with Gasteiger partial charge in [-0.1, -0.05) is 18.2 Å². The van der Waals surface area contributed by atoms with E-state index in [0.29, 0.717) is 0 Å². The van der Waals surface area contributed by atoms with E-state index >= 15 is 0 Å². The highest BCUT2D eigenvalue weighted by Crippen LogP contribution is 2.35. The Hall–Kier alpha value is -1.78. The van der Waals surface area contributed by atoms with Gasteiger partial charge in [0.1, 0.15) is 0 Å². The lowest BCUT2D eigenvalue weighted by molar-refractivity contribution is 1.41. The normalized spacial score (nSPS) is 11.4. The van der Waals surface area contributed by atoms with Crippen LogP contribution in [-0.4, -0.2) is 9.97 Å². The van der Waals surface area contributed by atoms with Crippen LogP contribution >= 0.6 is 22.7 Å². The maximum absolute atomic E-state index is 4.71. The van der Waals surface area contributed by atoms with Crippen LogP contribution in [0.5, 0.6) is 0 Å². The van der Waals surface area contributed by atoms with Gasteiger partial charge in [-0.25, -0.2) is 9.97 Å². The van der Waals surface area contributed by atoms with E-state index in [1.807, 2.05) is 18.2 Å². The van der Waals surface area contributed by atoms with E-state index in [-0.39, 0.29) is 0 Å². The van der Waals surface area contributed by atoms with E-state index in [0.717, 1.165) is 21.0 Å². The van der Waals surface area contributed by atoms with Crippen molar-refractivity contribution in [3.8, 4) is 10.0 Å². The van der Waals surface area contributed by atoms with Crippen molar-refractivity contribution in [3.63, 3.8) is 0 Å². The summed E-state index contributed by atoms with van der Waals surface area (Å²) in [6.45, 7) is 2.09. The minimum Gasteiger partial charge on any atom is -0.233 e. The van der Waals surface area contributed by atoms with Crippen molar-refractivity contribution in [2.24, 2.45) is 0 Å². The second-order valence-corrected chi connectivity index (χ2v) is 6.54. The van der Waals surface area contributed by atoms with Crippen molar-refractivity contribution in [1.82, 2.24) is 9.97 Å². The summed E-state index contributed by atoms with van der Waals surface area (Å²) in [6, 6.07) is 14.6. The molecule has 0 radical (unpaired) electrons. The summed E-state index contributed by atoms with van der Waals surface area (Å²) in [5.74, 6) is 0. The van der Waals surface area contributed by atoms with Crippen LogP contribution in [0.25, 0.3) is 30.4 Å². The number of hydrogen-bond donors (Lipinski definition) is 0. The van der Waals surface area contributed by atoms with Gasteiger partial charge in [-0.2, -0.15) is 0 Å². The molecule has 0 unspecified atom stereocenters. The summed E-state index contributed by atoms with van der Waals surface area (Å²) in [5, 5.41) is 2.03. The van der Waals surface area contributed by atoms with Gasteiger partial charge in [0.2, 0.25) is 0 Å². The summed E-state index contributed by atoms with van der Waals surface area (Å²) in [5.41, 5.74) is 3.37. The fraction of sp³-hybridized carbons (Fsp3) is 0.0667. The molecule has 4 rings (SSSR count). The number of rotatable bonds is 1. The van der Waals surface area contributed by atoms with E-state index in [4.69, 9.17) is 4.98 Å². The van der Waals surface area contributed by atoms with E-state index in [1.54, 1.807) is 22.7 Å². The highest BCUT2D eigenvalue weighted by molar-refractivity contribution is 7.27. The van der Waals surface area contributed by atoms with Crippen molar-refractivity contribution >= 4 is 43.1 Å². The molecule has 0 saturated carbocycles. The zero-order chi connectivity index (χ0) is 12.8. The molecule has 0 amide bonds. The molecule has 0 N–H and O–H groups in total. The molecule has 2 nitrogen and oxygen atoms in total. The quantitative estimate of drug-likeness (QED) is 0.497. The van der Waals surface area contributed by atoms with Crippen LogP contribution in [-0.2, 0) is 0 Å². The molecule has 2 heterocycles. The molecular formula is C15H10N2S2. The first-order valence-electron chi connectivity index (χ1n) is 6.03. The summed E-state index contributed by atoms with van der Waals surface area (Å²) in [7, 11) is 0. The first-order valence-corrected chi connectivity index (χ1v) is 7.66. The van der Waals surface area contributed by atoms with Crippen molar-refractivity contribution < 1.29 is 0 Å². The predicted octanol–water partition coefficient (Wildman–Crippen LogP) is 4.88. The first-order chi connectivity index (χ1) is 9.29. The van der Waals surface area contributed by atoms with Crippen molar-refractivity contribution in [2.45, 2.75) is 6.92 Å². The minimum absolute atomic E-state index is 1.01. The number of benzene rings is 2. The van der Waals surface area contributed by atoms with E-state index in [2.05, 4.69) is 36.2 Å². The average molecular weight is 282 g/mol. The molecule has 0 saturated heterocycles. The third-order valence-electron chi connectivity index (χ3n) is 3.02. The van der Waals surface area contributed by atoms with Crippen molar-refractivity contribution in [3.05, 3.63) is 48.0 Å². The van der Waals surface area contributed by atoms with Gasteiger partial charge in [0, 0.05) is 0 Å². The number of hydrogen-bond acceptors (Lipinski definition) is 4. The first kappa shape index (κ1) is 11.1. The van der Waals surface area contributed by atoms with Gasteiger partial charge in [0.05, 0.1) is 20.4 Å². The SMILES string of the molecule is Cc1ccc2sc(-c3nc4ccccc4s3)nc2c1. The van der Waals surface area contributed by atoms with Gasteiger partial charge in [0.15, 0.2) is 10.0 Å². The van der Waals surface area contributed by atoms with Crippen LogP contribution in [0, 0.1) is 6.92 Å². The monoisotopic (exact) mass is 282 g/mol. The Morgan fingerprint density at radius 3 is 2.26 bits per heavy atom. The van der Waals surface area contributed by atoms with Crippen LogP contribution in [0.4, 0.5) is 0 Å². The third-order valence-corrected chi connectivity index (χ3v) is 5.24. The molecule has 4 heteroatoms. The Labute approximate surface area is 118 Å². The highest BCUT2D eigenvalue weighted by Gasteiger charge is 2.11. The van der Waals surface area contributed by atoms with Crippen molar-refractivity contribution in [2.75, 3.05) is 0 Å². The third kappa shape index (κ3) is 1.84. The van der Waals surface area contributed by atoms with Crippen LogP contribution in [0.1, 0.15) is 5.56 Å². The number of nitrogens with zero attached hydrogens (tertiary/aromatic N) is 2. The van der Waals surface area contributed by atoms with Crippen LogP contribution in [0.2, 0.25) is 0 Å². The van der Waals surface area contributed by atoms with Gasteiger partial charge in [-0.05, 0) is 36.8 Å². The van der Waals surface area contributed by atoms with E-state index in [1.165, 1.54) is 15.0 Å². The molecule has 0 aliphatic carbocycles. The standard InChI is InChI=1S/C15H10N2S2/c1-9-6-7-13-11(8-9)17-15(19-13)14-16-10-4-2-3-5-12(10)18-14/h2-8H,1H3. The van der Waals surface area contributed by atoms with Crippen molar-refractivity contribution in [1.29, 1.82) is 0 Å². The summed E-state index contributed by atoms with van der Waals surface area (Å²) < 4.78 is 2.44. The molecule has 0 bridgehead atoms. The fourth-order valence-electron chi connectivity index (χ4n) is 2.09. The van der Waals surface area contributed by atoms with Gasteiger partial charge in [0.25, 0.3) is 0 Å². The lowest BCUT2D eigenvalue weighted by atomic mass is 10.2. The number of aryl methyl sites for hydroxylation is 1. The number of para-hydroxylation sites is 1. The van der Waals surface area contributed by atoms with Crippen LogP contribution in [0.3, 0.4) is 0 Å². The molecule has 92 valence electrons. The summed E-state index contributed by atoms with van der Waals surface area (Å²) in [4.78, 5) is 9.37. The Morgan fingerprint density at radius 2 is 1.47 bits per heavy atom. The highest BCUT2D eigenvalue weighted by atomic mass is 32.1. The lowest BCUT2D eigenvalue weighted by Gasteiger charge is -1.88. The molecule has 0 atom stereocenters. The molecule has 2 aromatic carbocycles. The zero-order valence-electron chi connectivity index (χ0n) is 10.3. The number of aromatic nitrogens is 2. The topological polar surface area (TPSA) is 25.8 Å². The Kier molecular flexibility index (Phi) is 2.40. The van der Waals surface area contributed by atoms with E-state index in [9.17, 15) is 0 Å². The molecule has 4 aromatic rings. The fourth-order valence-corrected chi connectivity index (χ4v) is 4.02. The Balaban J connectivity index is 1.93. The smallest absolute Gasteiger partial charge is 0.153 e. The molecular weight excluding hydrogens is 272 g/mol. The minimum atomic E-state index is 1.01. The number of thiazole rings is 2. The van der Waals surface area contributed by atoms with E-state index < -0.39 is 0 Å². The van der Waals surface area contributed by atoms with Gasteiger partial charge < -0.3 is 0 Å². The maximum atomic E-state index is 4.71. The second kappa shape index (κ2) is 4.11. The molecule has 19 heavy (non-hydrogen) atoms. The predicted molar refractivity (Wildman–Crippen MR) is 83.0 cm³/mol. The van der Waals surface area contributed by atoms with Crippen LogP contribution < -0.4 is 0 Å². The number of fused-ring (bicyclic) bond motifs is 2. The van der Waals surface area contributed by atoms with Gasteiger partial charge >= 0.3 is 0 Å².